The van der Waals surface area contributed by atoms with Gasteiger partial charge in [-0.05, 0) is 42.3 Å². The fraction of sp³-hybridized carbons (Fsp3) is 0.667. The molecule has 0 amide bonds. The molecule has 0 aliphatic carbocycles. The van der Waals surface area contributed by atoms with Gasteiger partial charge in [0.05, 0.1) is 13.2 Å². The van der Waals surface area contributed by atoms with Crippen LogP contribution in [0.1, 0.15) is 44.7 Å². The SMILES string of the molecule is CC(C)(C)c1cccc(CCCCN2CCOCC2)c1. The van der Waals surface area contributed by atoms with E-state index in [2.05, 4.69) is 49.9 Å². The number of hydrogen-bond acceptors (Lipinski definition) is 2. The lowest BCUT2D eigenvalue weighted by Gasteiger charge is -2.26. The van der Waals surface area contributed by atoms with Crippen molar-refractivity contribution in [3.63, 3.8) is 0 Å². The largest absolute Gasteiger partial charge is 0.379 e. The lowest BCUT2D eigenvalue weighted by molar-refractivity contribution is 0.0372. The summed E-state index contributed by atoms with van der Waals surface area (Å²) in [5.74, 6) is 0. The number of nitrogens with zero attached hydrogens (tertiary/aromatic N) is 1. The molecule has 2 heteroatoms. The summed E-state index contributed by atoms with van der Waals surface area (Å²) in [6.07, 6.45) is 3.78. The van der Waals surface area contributed by atoms with Gasteiger partial charge in [0.15, 0.2) is 0 Å². The number of rotatable bonds is 5. The van der Waals surface area contributed by atoms with Crippen molar-refractivity contribution in [2.75, 3.05) is 32.8 Å². The van der Waals surface area contributed by atoms with Gasteiger partial charge in [-0.2, -0.15) is 0 Å². The Hall–Kier alpha value is -0.860. The Labute approximate surface area is 124 Å². The lowest BCUT2D eigenvalue weighted by atomic mass is 9.86. The number of aryl methyl sites for hydroxylation is 1. The van der Waals surface area contributed by atoms with Gasteiger partial charge in [-0.25, -0.2) is 0 Å². The van der Waals surface area contributed by atoms with Gasteiger partial charge in [-0.3, -0.25) is 4.90 Å². The fourth-order valence-electron chi connectivity index (χ4n) is 2.68. The van der Waals surface area contributed by atoms with E-state index in [1.54, 1.807) is 0 Å². The Morgan fingerprint density at radius 2 is 1.85 bits per heavy atom. The van der Waals surface area contributed by atoms with Crippen LogP contribution >= 0.6 is 0 Å². The summed E-state index contributed by atoms with van der Waals surface area (Å²) in [7, 11) is 0. The molecule has 0 saturated carbocycles. The predicted molar refractivity (Wildman–Crippen MR) is 85.3 cm³/mol. The zero-order chi connectivity index (χ0) is 14.4. The summed E-state index contributed by atoms with van der Waals surface area (Å²) in [5, 5.41) is 0. The van der Waals surface area contributed by atoms with Gasteiger partial charge in [0.1, 0.15) is 0 Å². The van der Waals surface area contributed by atoms with Gasteiger partial charge in [0, 0.05) is 13.1 Å². The Morgan fingerprint density at radius 3 is 2.55 bits per heavy atom. The molecule has 2 rings (SSSR count). The van der Waals surface area contributed by atoms with E-state index in [1.165, 1.54) is 36.9 Å². The smallest absolute Gasteiger partial charge is 0.0594 e. The average Bonchev–Trinajstić information content (AvgIpc) is 2.44. The normalized spacial score (nSPS) is 17.4. The fourth-order valence-corrected chi connectivity index (χ4v) is 2.68. The Morgan fingerprint density at radius 1 is 1.10 bits per heavy atom. The molecule has 1 fully saturated rings. The quantitative estimate of drug-likeness (QED) is 0.761. The van der Waals surface area contributed by atoms with E-state index in [1.807, 2.05) is 0 Å². The standard InChI is InChI=1S/C18H29NO/c1-18(2,3)17-9-6-8-16(15-17)7-4-5-10-19-11-13-20-14-12-19/h6,8-9,15H,4-5,7,10-14H2,1-3H3. The molecule has 1 saturated heterocycles. The third-order valence-electron chi connectivity index (χ3n) is 4.09. The monoisotopic (exact) mass is 275 g/mol. The van der Waals surface area contributed by atoms with Crippen molar-refractivity contribution >= 4 is 0 Å². The summed E-state index contributed by atoms with van der Waals surface area (Å²) in [6.45, 7) is 12.1. The molecule has 0 spiro atoms. The molecule has 0 unspecified atom stereocenters. The maximum atomic E-state index is 5.38. The Bertz CT molecular complexity index is 402. The highest BCUT2D eigenvalue weighted by Crippen LogP contribution is 2.23. The van der Waals surface area contributed by atoms with Crippen LogP contribution in [0.15, 0.2) is 24.3 Å². The molecule has 20 heavy (non-hydrogen) atoms. The zero-order valence-electron chi connectivity index (χ0n) is 13.3. The maximum Gasteiger partial charge on any atom is 0.0594 e. The van der Waals surface area contributed by atoms with E-state index < -0.39 is 0 Å². The van der Waals surface area contributed by atoms with Crippen LogP contribution in [0, 0.1) is 0 Å². The van der Waals surface area contributed by atoms with Crippen LogP contribution in [0.2, 0.25) is 0 Å². The number of unbranched alkanes of at least 4 members (excludes halogenated alkanes) is 1. The molecular formula is C18H29NO. The maximum absolute atomic E-state index is 5.38. The summed E-state index contributed by atoms with van der Waals surface area (Å²) < 4.78 is 5.38. The molecule has 0 radical (unpaired) electrons. The van der Waals surface area contributed by atoms with Crippen LogP contribution in [0.5, 0.6) is 0 Å². The highest BCUT2D eigenvalue weighted by atomic mass is 16.5. The van der Waals surface area contributed by atoms with Crippen LogP contribution in [0.4, 0.5) is 0 Å². The highest BCUT2D eigenvalue weighted by molar-refractivity contribution is 5.28. The molecular weight excluding hydrogens is 246 g/mol. The van der Waals surface area contributed by atoms with Crippen molar-refractivity contribution in [2.24, 2.45) is 0 Å². The molecule has 0 atom stereocenters. The molecule has 2 nitrogen and oxygen atoms in total. The van der Waals surface area contributed by atoms with Gasteiger partial charge in [-0.15, -0.1) is 0 Å². The lowest BCUT2D eigenvalue weighted by Crippen LogP contribution is -2.36. The van der Waals surface area contributed by atoms with E-state index in [0.717, 1.165) is 26.3 Å². The molecule has 112 valence electrons. The first-order valence-corrected chi connectivity index (χ1v) is 7.95. The Kier molecular flexibility index (Phi) is 5.62. The van der Waals surface area contributed by atoms with E-state index in [4.69, 9.17) is 4.74 Å². The summed E-state index contributed by atoms with van der Waals surface area (Å²) >= 11 is 0. The minimum Gasteiger partial charge on any atom is -0.379 e. The van der Waals surface area contributed by atoms with Crippen LogP contribution < -0.4 is 0 Å². The van der Waals surface area contributed by atoms with Crippen molar-refractivity contribution in [2.45, 2.75) is 45.4 Å². The van der Waals surface area contributed by atoms with Gasteiger partial charge in [0.25, 0.3) is 0 Å². The molecule has 1 aromatic carbocycles. The van der Waals surface area contributed by atoms with Crippen molar-refractivity contribution in [1.82, 2.24) is 4.90 Å². The average molecular weight is 275 g/mol. The van der Waals surface area contributed by atoms with Crippen molar-refractivity contribution in [1.29, 1.82) is 0 Å². The van der Waals surface area contributed by atoms with Gasteiger partial charge < -0.3 is 4.74 Å². The molecule has 1 aliphatic heterocycles. The van der Waals surface area contributed by atoms with Crippen LogP contribution in [-0.2, 0) is 16.6 Å². The van der Waals surface area contributed by atoms with Crippen LogP contribution in [0.25, 0.3) is 0 Å². The highest BCUT2D eigenvalue weighted by Gasteiger charge is 2.13. The number of benzene rings is 1. The second kappa shape index (κ2) is 7.24. The molecule has 1 aromatic rings. The second-order valence-corrected chi connectivity index (χ2v) is 6.86. The molecule has 1 aliphatic rings. The third-order valence-corrected chi connectivity index (χ3v) is 4.09. The number of morpholine rings is 1. The zero-order valence-corrected chi connectivity index (χ0v) is 13.3. The van der Waals surface area contributed by atoms with Crippen LogP contribution in [0.3, 0.4) is 0 Å². The van der Waals surface area contributed by atoms with Crippen molar-refractivity contribution in [3.8, 4) is 0 Å². The van der Waals surface area contributed by atoms with E-state index >= 15 is 0 Å². The number of ether oxygens (including phenoxy) is 1. The molecule has 1 heterocycles. The molecule has 0 N–H and O–H groups in total. The van der Waals surface area contributed by atoms with E-state index in [-0.39, 0.29) is 5.41 Å². The minimum atomic E-state index is 0.254. The summed E-state index contributed by atoms with van der Waals surface area (Å²) in [5.41, 5.74) is 3.19. The Balaban J connectivity index is 1.73. The van der Waals surface area contributed by atoms with Crippen LogP contribution in [-0.4, -0.2) is 37.7 Å². The van der Waals surface area contributed by atoms with Gasteiger partial charge >= 0.3 is 0 Å². The second-order valence-electron chi connectivity index (χ2n) is 6.86. The van der Waals surface area contributed by atoms with Crippen molar-refractivity contribution < 1.29 is 4.74 Å². The minimum absolute atomic E-state index is 0.254. The molecule has 0 bridgehead atoms. The van der Waals surface area contributed by atoms with E-state index in [9.17, 15) is 0 Å². The summed E-state index contributed by atoms with van der Waals surface area (Å²) in [4.78, 5) is 2.52. The van der Waals surface area contributed by atoms with Gasteiger partial charge in [-0.1, -0.05) is 45.0 Å². The number of hydrogen-bond donors (Lipinski definition) is 0. The topological polar surface area (TPSA) is 12.5 Å². The first-order valence-electron chi connectivity index (χ1n) is 7.95. The van der Waals surface area contributed by atoms with Gasteiger partial charge in [0.2, 0.25) is 0 Å². The first-order chi connectivity index (χ1) is 9.55. The first kappa shape index (κ1) is 15.5. The summed E-state index contributed by atoms with van der Waals surface area (Å²) in [6, 6.07) is 9.10. The molecule has 0 aromatic heterocycles. The third kappa shape index (κ3) is 4.92. The van der Waals surface area contributed by atoms with Crippen molar-refractivity contribution in [3.05, 3.63) is 35.4 Å². The van der Waals surface area contributed by atoms with E-state index in [0.29, 0.717) is 0 Å². The predicted octanol–water partition coefficient (Wildman–Crippen LogP) is 3.64.